The summed E-state index contributed by atoms with van der Waals surface area (Å²) < 4.78 is 3.81. The molecular formula is C22H25N3O2S4. The number of rotatable bonds is 6. The molecule has 1 aromatic heterocycles. The van der Waals surface area contributed by atoms with Crippen molar-refractivity contribution in [3.63, 3.8) is 0 Å². The first-order valence-electron chi connectivity index (χ1n) is 10.5. The molecule has 1 fully saturated rings. The van der Waals surface area contributed by atoms with Crippen LogP contribution >= 0.6 is 47.1 Å². The van der Waals surface area contributed by atoms with Crippen LogP contribution < -0.4 is 19.7 Å². The molecule has 0 aliphatic carbocycles. The molecule has 5 nitrogen and oxygen atoms in total. The number of thiocarbonyl (C=S) groups is 1. The zero-order chi connectivity index (χ0) is 22.1. The van der Waals surface area contributed by atoms with Gasteiger partial charge in [-0.05, 0) is 25.0 Å². The van der Waals surface area contributed by atoms with Gasteiger partial charge in [0.2, 0.25) is 0 Å². The van der Waals surface area contributed by atoms with Crippen LogP contribution in [0.5, 0.6) is 0 Å². The zero-order valence-electron chi connectivity index (χ0n) is 17.8. The molecule has 1 amide bonds. The van der Waals surface area contributed by atoms with Crippen LogP contribution in [0.3, 0.4) is 0 Å². The van der Waals surface area contributed by atoms with E-state index >= 15 is 0 Å². The quantitative estimate of drug-likeness (QED) is 0.573. The van der Waals surface area contributed by atoms with Gasteiger partial charge in [0.25, 0.3) is 11.5 Å². The highest BCUT2D eigenvalue weighted by Gasteiger charge is 2.34. The van der Waals surface area contributed by atoms with E-state index in [1.54, 1.807) is 21.2 Å². The van der Waals surface area contributed by atoms with Gasteiger partial charge in [0.05, 0.1) is 5.69 Å². The van der Waals surface area contributed by atoms with Crippen molar-refractivity contribution in [3.05, 3.63) is 43.8 Å². The second kappa shape index (κ2) is 9.52. The number of fused-ring (bicyclic) bond motifs is 1. The van der Waals surface area contributed by atoms with Gasteiger partial charge < -0.3 is 4.90 Å². The lowest BCUT2D eigenvalue weighted by Gasteiger charge is -2.12. The Morgan fingerprint density at radius 1 is 1.00 bits per heavy atom. The first-order valence-corrected chi connectivity index (χ1v) is 13.4. The largest absolute Gasteiger partial charge is 0.337 e. The summed E-state index contributed by atoms with van der Waals surface area (Å²) in [5.41, 5.74) is 1.08. The number of nitrogens with zero attached hydrogens (tertiary/aromatic N) is 3. The Bertz CT molecular complexity index is 1210. The minimum absolute atomic E-state index is 0.0190. The average molecular weight is 492 g/mol. The summed E-state index contributed by atoms with van der Waals surface area (Å²) in [5, 5.41) is 0.925. The van der Waals surface area contributed by atoms with E-state index in [9.17, 15) is 9.59 Å². The predicted molar refractivity (Wildman–Crippen MR) is 137 cm³/mol. The molecule has 2 aliphatic heterocycles. The Morgan fingerprint density at radius 2 is 1.71 bits per heavy atom. The van der Waals surface area contributed by atoms with Crippen molar-refractivity contribution in [2.75, 3.05) is 18.5 Å². The van der Waals surface area contributed by atoms with Crippen molar-refractivity contribution < 1.29 is 4.79 Å². The van der Waals surface area contributed by atoms with Crippen molar-refractivity contribution in [2.45, 2.75) is 51.0 Å². The molecule has 0 atom stereocenters. The Balaban J connectivity index is 1.90. The van der Waals surface area contributed by atoms with Crippen molar-refractivity contribution >= 4 is 72.9 Å². The Hall–Kier alpha value is -1.55. The monoisotopic (exact) mass is 491 g/mol. The van der Waals surface area contributed by atoms with Crippen LogP contribution in [-0.2, 0) is 11.3 Å². The van der Waals surface area contributed by atoms with Crippen LogP contribution in [0.2, 0.25) is 0 Å². The molecule has 31 heavy (non-hydrogen) atoms. The van der Waals surface area contributed by atoms with Gasteiger partial charge in [0.1, 0.15) is 23.4 Å². The summed E-state index contributed by atoms with van der Waals surface area (Å²) >= 11 is 9.87. The maximum atomic E-state index is 13.5. The summed E-state index contributed by atoms with van der Waals surface area (Å²) in [6, 6.07) is 8.16. The van der Waals surface area contributed by atoms with Crippen molar-refractivity contribution in [1.29, 1.82) is 0 Å². The second-order valence-corrected chi connectivity index (χ2v) is 11.2. The Labute approximate surface area is 199 Å². The molecule has 0 saturated carbocycles. The van der Waals surface area contributed by atoms with Crippen molar-refractivity contribution in [2.24, 2.45) is 0 Å². The van der Waals surface area contributed by atoms with Gasteiger partial charge in [-0.3, -0.25) is 19.1 Å². The number of aromatic nitrogens is 1. The number of hydrogen-bond donors (Lipinski definition) is 0. The molecule has 0 radical (unpaired) electrons. The van der Waals surface area contributed by atoms with E-state index in [0.29, 0.717) is 26.8 Å². The number of carbonyl (C=O) groups is 1. The number of carbonyl (C=O) groups excluding carboxylic acids is 1. The van der Waals surface area contributed by atoms with E-state index in [4.69, 9.17) is 12.2 Å². The third-order valence-electron chi connectivity index (χ3n) is 5.33. The SMILES string of the molecule is CCCCN1C(=O)C(=c2sc(=C3Sc4ccccc4N3C)c(=O)n2CCCC)SC1=S. The number of thiazole rings is 1. The minimum atomic E-state index is -0.0674. The lowest BCUT2D eigenvalue weighted by molar-refractivity contribution is -0.120. The fourth-order valence-corrected chi connectivity index (χ4v) is 7.51. The van der Waals surface area contributed by atoms with E-state index in [2.05, 4.69) is 30.9 Å². The number of para-hydroxylation sites is 1. The first kappa shape index (κ1) is 22.6. The van der Waals surface area contributed by atoms with E-state index in [-0.39, 0.29) is 11.5 Å². The standard InChI is InChI=1S/C22H25N3O2S4/c1-4-6-12-24-18(26)16(20-23(3)14-10-8-9-11-15(14)29-20)30-21(24)17-19(27)25(13-7-5-2)22(28)31-17/h8-11H,4-7,12-13H2,1-3H3. The number of amides is 1. The van der Waals surface area contributed by atoms with E-state index in [1.165, 1.54) is 23.1 Å². The lowest BCUT2D eigenvalue weighted by Crippen LogP contribution is -2.35. The van der Waals surface area contributed by atoms with Crippen LogP contribution in [-0.4, -0.2) is 33.3 Å². The second-order valence-electron chi connectivity index (χ2n) is 7.49. The minimum Gasteiger partial charge on any atom is -0.337 e. The van der Waals surface area contributed by atoms with Crippen LogP contribution in [0.4, 0.5) is 5.69 Å². The summed E-state index contributed by atoms with van der Waals surface area (Å²) in [6.07, 6.45) is 3.78. The average Bonchev–Trinajstić information content (AvgIpc) is 3.36. The normalized spacial score (nSPS) is 19.6. The molecule has 0 N–H and O–H groups in total. The smallest absolute Gasteiger partial charge is 0.271 e. The summed E-state index contributed by atoms with van der Waals surface area (Å²) in [5.74, 6) is -0.0674. The maximum absolute atomic E-state index is 13.5. The van der Waals surface area contributed by atoms with E-state index in [1.807, 2.05) is 19.2 Å². The number of anilines is 1. The number of unbranched alkanes of at least 4 members (excludes halogenated alkanes) is 2. The van der Waals surface area contributed by atoms with E-state index in [0.717, 1.165) is 46.0 Å². The van der Waals surface area contributed by atoms with Gasteiger partial charge >= 0.3 is 0 Å². The van der Waals surface area contributed by atoms with Crippen LogP contribution in [0, 0.1) is 0 Å². The van der Waals surface area contributed by atoms with Crippen LogP contribution in [0.15, 0.2) is 34.0 Å². The molecular weight excluding hydrogens is 467 g/mol. The molecule has 1 saturated heterocycles. The highest BCUT2D eigenvalue weighted by Crippen LogP contribution is 2.45. The number of thioether (sulfide) groups is 2. The van der Waals surface area contributed by atoms with Gasteiger partial charge in [-0.25, -0.2) is 0 Å². The molecule has 9 heteroatoms. The Kier molecular flexibility index (Phi) is 6.95. The molecule has 2 aliphatic rings. The Morgan fingerprint density at radius 3 is 2.42 bits per heavy atom. The van der Waals surface area contributed by atoms with Gasteiger partial charge in [-0.15, -0.1) is 11.3 Å². The number of hydrogen-bond acceptors (Lipinski definition) is 7. The maximum Gasteiger partial charge on any atom is 0.271 e. The molecule has 164 valence electrons. The van der Waals surface area contributed by atoms with Gasteiger partial charge in [0, 0.05) is 25.0 Å². The number of benzene rings is 1. The predicted octanol–water partition coefficient (Wildman–Crippen LogP) is 3.79. The molecule has 0 unspecified atom stereocenters. The third-order valence-corrected chi connectivity index (χ3v) is 9.45. The van der Waals surface area contributed by atoms with Crippen LogP contribution in [0.1, 0.15) is 39.5 Å². The third kappa shape index (κ3) is 4.13. The molecule has 1 aromatic carbocycles. The topological polar surface area (TPSA) is 45.6 Å². The fourth-order valence-electron chi connectivity index (χ4n) is 3.57. The van der Waals surface area contributed by atoms with Gasteiger partial charge in [0.15, 0.2) is 0 Å². The molecule has 4 rings (SSSR count). The summed E-state index contributed by atoms with van der Waals surface area (Å²) in [6.45, 7) is 5.44. The molecule has 0 spiro atoms. The van der Waals surface area contributed by atoms with Gasteiger partial charge in [-0.1, -0.05) is 74.6 Å². The zero-order valence-corrected chi connectivity index (χ0v) is 21.1. The first-order chi connectivity index (χ1) is 15.0. The van der Waals surface area contributed by atoms with Crippen molar-refractivity contribution in [1.82, 2.24) is 9.47 Å². The fraction of sp³-hybridized carbons (Fsp3) is 0.409. The van der Waals surface area contributed by atoms with E-state index < -0.39 is 0 Å². The summed E-state index contributed by atoms with van der Waals surface area (Å²) in [4.78, 5) is 32.2. The van der Waals surface area contributed by atoms with Gasteiger partial charge in [-0.2, -0.15) is 0 Å². The molecule has 0 bridgehead atoms. The molecule has 2 aromatic rings. The summed E-state index contributed by atoms with van der Waals surface area (Å²) in [7, 11) is 1.99. The lowest BCUT2D eigenvalue weighted by atomic mass is 10.3. The highest BCUT2D eigenvalue weighted by atomic mass is 32.2. The van der Waals surface area contributed by atoms with Crippen molar-refractivity contribution in [3.8, 4) is 0 Å². The molecule has 3 heterocycles. The van der Waals surface area contributed by atoms with Crippen LogP contribution in [0.25, 0.3) is 9.93 Å². The highest BCUT2D eigenvalue weighted by molar-refractivity contribution is 8.30.